The minimum Gasteiger partial charge on any atom is -0.508 e. The van der Waals surface area contributed by atoms with Gasteiger partial charge in [-0.25, -0.2) is 4.79 Å². The molecule has 0 spiro atoms. The van der Waals surface area contributed by atoms with Gasteiger partial charge in [0.15, 0.2) is 0 Å². The third-order valence-electron chi connectivity index (χ3n) is 5.44. The molecule has 0 saturated carbocycles. The highest BCUT2D eigenvalue weighted by Crippen LogP contribution is 2.23. The summed E-state index contributed by atoms with van der Waals surface area (Å²) in [6.07, 6.45) is 2.96. The van der Waals surface area contributed by atoms with Crippen LogP contribution in [0, 0.1) is 0 Å². The van der Waals surface area contributed by atoms with Crippen molar-refractivity contribution in [3.8, 4) is 5.75 Å². The van der Waals surface area contributed by atoms with E-state index >= 15 is 0 Å². The first-order valence-corrected chi connectivity index (χ1v) is 9.35. The zero-order chi connectivity index (χ0) is 17.9. The lowest BCUT2D eigenvalue weighted by molar-refractivity contribution is 0.189. The van der Waals surface area contributed by atoms with Crippen LogP contribution in [0.3, 0.4) is 0 Å². The van der Waals surface area contributed by atoms with Crippen molar-refractivity contribution < 1.29 is 9.90 Å². The SMILES string of the molecule is O=C(NC1CCc2ccccc2C1)N1CCN(c2cccc(O)c2)CC1. The van der Waals surface area contributed by atoms with Crippen molar-refractivity contribution >= 4 is 11.7 Å². The first-order chi connectivity index (χ1) is 12.7. The van der Waals surface area contributed by atoms with Gasteiger partial charge in [0.1, 0.15) is 5.75 Å². The van der Waals surface area contributed by atoms with Crippen LogP contribution in [-0.4, -0.2) is 48.3 Å². The van der Waals surface area contributed by atoms with Gasteiger partial charge in [-0.1, -0.05) is 30.3 Å². The van der Waals surface area contributed by atoms with Gasteiger partial charge in [0.25, 0.3) is 0 Å². The van der Waals surface area contributed by atoms with Gasteiger partial charge in [-0.3, -0.25) is 0 Å². The zero-order valence-corrected chi connectivity index (χ0v) is 14.9. The normalized spacial score (nSPS) is 19.8. The highest BCUT2D eigenvalue weighted by Gasteiger charge is 2.25. The number of aromatic hydroxyl groups is 1. The number of amides is 2. The van der Waals surface area contributed by atoms with Gasteiger partial charge in [0, 0.05) is 44.0 Å². The summed E-state index contributed by atoms with van der Waals surface area (Å²) in [7, 11) is 0. The standard InChI is InChI=1S/C21H25N3O2/c25-20-7-3-6-19(15-20)23-10-12-24(13-11-23)21(26)22-18-9-8-16-4-1-2-5-17(16)14-18/h1-7,15,18,25H,8-14H2,(H,22,26). The lowest BCUT2D eigenvalue weighted by Crippen LogP contribution is -2.54. The predicted octanol–water partition coefficient (Wildman–Crippen LogP) is 2.78. The average Bonchev–Trinajstić information content (AvgIpc) is 2.68. The predicted molar refractivity (Wildman–Crippen MR) is 103 cm³/mol. The number of phenols is 1. The highest BCUT2D eigenvalue weighted by molar-refractivity contribution is 5.75. The fraction of sp³-hybridized carbons (Fsp3) is 0.381. The van der Waals surface area contributed by atoms with E-state index in [1.165, 1.54) is 11.1 Å². The molecule has 136 valence electrons. The fourth-order valence-electron chi connectivity index (χ4n) is 3.94. The number of urea groups is 1. The molecular formula is C21H25N3O2. The maximum atomic E-state index is 12.6. The molecule has 2 aromatic rings. The average molecular weight is 351 g/mol. The number of aryl methyl sites for hydroxylation is 1. The molecule has 1 heterocycles. The number of carbonyl (C=O) groups is 1. The third kappa shape index (κ3) is 3.62. The van der Waals surface area contributed by atoms with E-state index in [1.54, 1.807) is 12.1 Å². The number of carbonyl (C=O) groups excluding carboxylic acids is 1. The van der Waals surface area contributed by atoms with Gasteiger partial charge in [0.05, 0.1) is 0 Å². The van der Waals surface area contributed by atoms with E-state index in [2.05, 4.69) is 34.5 Å². The van der Waals surface area contributed by atoms with Crippen LogP contribution in [0.4, 0.5) is 10.5 Å². The van der Waals surface area contributed by atoms with Crippen LogP contribution >= 0.6 is 0 Å². The van der Waals surface area contributed by atoms with Crippen molar-refractivity contribution in [3.63, 3.8) is 0 Å². The molecule has 1 atom stereocenters. The Labute approximate surface area is 154 Å². The molecule has 2 amide bonds. The topological polar surface area (TPSA) is 55.8 Å². The van der Waals surface area contributed by atoms with Crippen molar-refractivity contribution in [1.29, 1.82) is 0 Å². The molecule has 5 nitrogen and oxygen atoms in total. The van der Waals surface area contributed by atoms with Crippen molar-refractivity contribution in [2.45, 2.75) is 25.3 Å². The molecule has 1 unspecified atom stereocenters. The Morgan fingerprint density at radius 2 is 1.77 bits per heavy atom. The molecular weight excluding hydrogens is 326 g/mol. The lowest BCUT2D eigenvalue weighted by atomic mass is 9.88. The molecule has 1 aliphatic carbocycles. The second kappa shape index (κ2) is 7.28. The van der Waals surface area contributed by atoms with Crippen molar-refractivity contribution in [3.05, 3.63) is 59.7 Å². The summed E-state index contributed by atoms with van der Waals surface area (Å²) in [4.78, 5) is 16.7. The fourth-order valence-corrected chi connectivity index (χ4v) is 3.94. The zero-order valence-electron chi connectivity index (χ0n) is 14.9. The van der Waals surface area contributed by atoms with Crippen LogP contribution in [0.1, 0.15) is 17.5 Å². The third-order valence-corrected chi connectivity index (χ3v) is 5.44. The summed E-state index contributed by atoms with van der Waals surface area (Å²) in [5.41, 5.74) is 3.78. The second-order valence-corrected chi connectivity index (χ2v) is 7.15. The van der Waals surface area contributed by atoms with Crippen molar-refractivity contribution in [2.24, 2.45) is 0 Å². The molecule has 2 aliphatic rings. The monoisotopic (exact) mass is 351 g/mol. The maximum absolute atomic E-state index is 12.6. The Bertz CT molecular complexity index is 784. The van der Waals surface area contributed by atoms with Crippen LogP contribution in [0.5, 0.6) is 5.75 Å². The van der Waals surface area contributed by atoms with Crippen LogP contribution in [-0.2, 0) is 12.8 Å². The van der Waals surface area contributed by atoms with Gasteiger partial charge >= 0.3 is 6.03 Å². The molecule has 5 heteroatoms. The van der Waals surface area contributed by atoms with Gasteiger partial charge < -0.3 is 20.2 Å². The molecule has 4 rings (SSSR count). The van der Waals surface area contributed by atoms with Crippen LogP contribution in [0.2, 0.25) is 0 Å². The molecule has 2 aromatic carbocycles. The van der Waals surface area contributed by atoms with Crippen LogP contribution in [0.25, 0.3) is 0 Å². The number of nitrogens with one attached hydrogen (secondary N) is 1. The Hall–Kier alpha value is -2.69. The molecule has 0 aromatic heterocycles. The molecule has 2 N–H and O–H groups in total. The summed E-state index contributed by atoms with van der Waals surface area (Å²) in [5.74, 6) is 0.278. The number of benzene rings is 2. The van der Waals surface area contributed by atoms with Gasteiger partial charge in [-0.15, -0.1) is 0 Å². The molecule has 26 heavy (non-hydrogen) atoms. The number of hydrogen-bond acceptors (Lipinski definition) is 3. The lowest BCUT2D eigenvalue weighted by Gasteiger charge is -2.37. The van der Waals surface area contributed by atoms with E-state index < -0.39 is 0 Å². The summed E-state index contributed by atoms with van der Waals surface area (Å²) >= 11 is 0. The summed E-state index contributed by atoms with van der Waals surface area (Å²) in [5, 5.41) is 12.9. The van der Waals surface area contributed by atoms with Gasteiger partial charge in [-0.05, 0) is 42.5 Å². The number of fused-ring (bicyclic) bond motifs is 1. The number of hydrogen-bond donors (Lipinski definition) is 2. The minimum absolute atomic E-state index is 0.0462. The van der Waals surface area contributed by atoms with E-state index in [9.17, 15) is 9.90 Å². The Kier molecular flexibility index (Phi) is 4.69. The highest BCUT2D eigenvalue weighted by atomic mass is 16.3. The van der Waals surface area contributed by atoms with Crippen molar-refractivity contribution in [1.82, 2.24) is 10.2 Å². The van der Waals surface area contributed by atoms with E-state index in [1.807, 2.05) is 17.0 Å². The summed E-state index contributed by atoms with van der Waals surface area (Å²) < 4.78 is 0. The largest absolute Gasteiger partial charge is 0.508 e. The smallest absolute Gasteiger partial charge is 0.317 e. The number of rotatable bonds is 2. The number of phenolic OH excluding ortho intramolecular Hbond substituents is 1. The van der Waals surface area contributed by atoms with Crippen LogP contribution < -0.4 is 10.2 Å². The molecule has 1 fully saturated rings. The van der Waals surface area contributed by atoms with E-state index in [-0.39, 0.29) is 17.8 Å². The molecule has 0 bridgehead atoms. The Morgan fingerprint density at radius 3 is 2.54 bits per heavy atom. The first-order valence-electron chi connectivity index (χ1n) is 9.35. The minimum atomic E-state index is 0.0462. The van der Waals surface area contributed by atoms with Crippen LogP contribution in [0.15, 0.2) is 48.5 Å². The number of piperazine rings is 1. The summed E-state index contributed by atoms with van der Waals surface area (Å²) in [6.45, 7) is 2.96. The second-order valence-electron chi connectivity index (χ2n) is 7.15. The van der Waals surface area contributed by atoms with Crippen molar-refractivity contribution in [2.75, 3.05) is 31.1 Å². The Balaban J connectivity index is 1.30. The number of anilines is 1. The van der Waals surface area contributed by atoms with E-state index in [4.69, 9.17) is 0 Å². The summed E-state index contributed by atoms with van der Waals surface area (Å²) in [6, 6.07) is 16.1. The first kappa shape index (κ1) is 16.8. The molecule has 0 radical (unpaired) electrons. The number of nitrogens with zero attached hydrogens (tertiary/aromatic N) is 2. The van der Waals surface area contributed by atoms with E-state index in [0.717, 1.165) is 38.0 Å². The molecule has 1 aliphatic heterocycles. The van der Waals surface area contributed by atoms with Gasteiger partial charge in [0.2, 0.25) is 0 Å². The van der Waals surface area contributed by atoms with Gasteiger partial charge in [-0.2, -0.15) is 0 Å². The quantitative estimate of drug-likeness (QED) is 0.875. The van der Waals surface area contributed by atoms with E-state index in [0.29, 0.717) is 13.1 Å². The Morgan fingerprint density at radius 1 is 1.00 bits per heavy atom. The maximum Gasteiger partial charge on any atom is 0.317 e. The molecule has 1 saturated heterocycles.